The van der Waals surface area contributed by atoms with Crippen molar-refractivity contribution in [2.45, 2.75) is 19.9 Å². The number of hydrazine groups is 1. The minimum absolute atomic E-state index is 0.0256. The third-order valence-corrected chi connectivity index (χ3v) is 5.75. The van der Waals surface area contributed by atoms with E-state index in [0.717, 1.165) is 0 Å². The zero-order valence-corrected chi connectivity index (χ0v) is 20.2. The number of hydrogen-bond acceptors (Lipinski definition) is 10. The van der Waals surface area contributed by atoms with Gasteiger partial charge in [-0.1, -0.05) is 12.1 Å². The molecule has 0 radical (unpaired) electrons. The Morgan fingerprint density at radius 2 is 1.84 bits per heavy atom. The average molecular weight is 512 g/mol. The number of ether oxygens (including phenoxy) is 1. The van der Waals surface area contributed by atoms with E-state index < -0.39 is 6.43 Å². The highest BCUT2D eigenvalue weighted by Crippen LogP contribution is 2.24. The molecule has 1 aliphatic heterocycles. The van der Waals surface area contributed by atoms with Gasteiger partial charge in [0.05, 0.1) is 24.5 Å². The van der Waals surface area contributed by atoms with Crippen LogP contribution in [0.4, 0.5) is 20.3 Å². The van der Waals surface area contributed by atoms with Crippen LogP contribution in [0.15, 0.2) is 66.3 Å². The maximum absolute atomic E-state index is 12.8. The Hall–Kier alpha value is -4.39. The Bertz CT molecular complexity index is 1220. The van der Waals surface area contributed by atoms with E-state index in [-0.39, 0.29) is 30.5 Å². The van der Waals surface area contributed by atoms with E-state index >= 15 is 0 Å². The number of carbonyl (C=O) groups excluding carboxylic acids is 1. The number of halogens is 2. The lowest BCUT2D eigenvalue weighted by atomic mass is 10.2. The van der Waals surface area contributed by atoms with Crippen LogP contribution in [0.1, 0.15) is 24.7 Å². The number of allylic oxidation sites excluding steroid dienone is 1. The summed E-state index contributed by atoms with van der Waals surface area (Å²) >= 11 is 0. The van der Waals surface area contributed by atoms with Crippen molar-refractivity contribution in [2.75, 3.05) is 36.1 Å². The minimum Gasteiger partial charge on any atom is -0.470 e. The third kappa shape index (κ3) is 6.44. The second kappa shape index (κ2) is 11.6. The largest absolute Gasteiger partial charge is 0.470 e. The van der Waals surface area contributed by atoms with Gasteiger partial charge in [0.1, 0.15) is 12.4 Å². The van der Waals surface area contributed by atoms with E-state index in [9.17, 15) is 13.6 Å². The first-order valence-corrected chi connectivity index (χ1v) is 11.4. The number of alkyl halides is 2. The van der Waals surface area contributed by atoms with Gasteiger partial charge >= 0.3 is 0 Å². The van der Waals surface area contributed by atoms with Crippen molar-refractivity contribution in [2.24, 2.45) is 11.6 Å². The molecule has 0 bridgehead atoms. The highest BCUT2D eigenvalue weighted by Gasteiger charge is 2.25. The molecule has 0 aliphatic carbocycles. The van der Waals surface area contributed by atoms with Crippen molar-refractivity contribution in [3.8, 4) is 5.88 Å². The molecule has 2 aromatic heterocycles. The van der Waals surface area contributed by atoms with Gasteiger partial charge in [-0.2, -0.15) is 0 Å². The lowest BCUT2D eigenvalue weighted by Crippen LogP contribution is -2.50. The normalized spacial score (nSPS) is 14.6. The fourth-order valence-electron chi connectivity index (χ4n) is 3.66. The number of aromatic nitrogens is 4. The van der Waals surface area contributed by atoms with E-state index in [0.29, 0.717) is 48.4 Å². The number of piperazine rings is 1. The average Bonchev–Trinajstić information content (AvgIpc) is 2.90. The fraction of sp³-hybridized carbons (Fsp3) is 0.292. The molecule has 1 aliphatic rings. The molecule has 3 heterocycles. The first kappa shape index (κ1) is 25.7. The predicted molar refractivity (Wildman–Crippen MR) is 132 cm³/mol. The fourth-order valence-corrected chi connectivity index (χ4v) is 3.66. The monoisotopic (exact) mass is 511 g/mol. The van der Waals surface area contributed by atoms with Crippen LogP contribution in [0, 0.1) is 0 Å². The summed E-state index contributed by atoms with van der Waals surface area (Å²) in [7, 11) is 0. The van der Waals surface area contributed by atoms with Crippen molar-refractivity contribution in [1.82, 2.24) is 25.1 Å². The number of anilines is 2. The summed E-state index contributed by atoms with van der Waals surface area (Å²) < 4.78 is 31.4. The highest BCUT2D eigenvalue weighted by atomic mass is 19.3. The van der Waals surface area contributed by atoms with Crippen LogP contribution in [0.3, 0.4) is 0 Å². The predicted octanol–water partition coefficient (Wildman–Crippen LogP) is 2.00. The second-order valence-electron chi connectivity index (χ2n) is 8.31. The molecule has 0 atom stereocenters. The van der Waals surface area contributed by atoms with Crippen molar-refractivity contribution < 1.29 is 18.3 Å². The molecule has 37 heavy (non-hydrogen) atoms. The van der Waals surface area contributed by atoms with Crippen LogP contribution in [0.25, 0.3) is 0 Å². The maximum atomic E-state index is 12.8. The van der Waals surface area contributed by atoms with Gasteiger partial charge in [0.15, 0.2) is 5.82 Å². The molecular weight excluding hydrogens is 484 g/mol. The van der Waals surface area contributed by atoms with Gasteiger partial charge in [-0.25, -0.2) is 24.6 Å². The van der Waals surface area contributed by atoms with E-state index in [1.165, 1.54) is 29.3 Å². The van der Waals surface area contributed by atoms with Gasteiger partial charge in [0.2, 0.25) is 11.8 Å². The number of rotatable bonds is 9. The van der Waals surface area contributed by atoms with Gasteiger partial charge in [0.25, 0.3) is 6.43 Å². The molecule has 11 nitrogen and oxygen atoms in total. The summed E-state index contributed by atoms with van der Waals surface area (Å²) in [6, 6.07) is 10.6. The van der Waals surface area contributed by atoms with Crippen LogP contribution >= 0.6 is 0 Å². The lowest BCUT2D eigenvalue weighted by molar-refractivity contribution is -0.131. The summed E-state index contributed by atoms with van der Waals surface area (Å²) in [5, 5.41) is 9.56. The van der Waals surface area contributed by atoms with Gasteiger partial charge in [-0.15, -0.1) is 10.2 Å². The molecule has 1 aromatic carbocycles. The number of nitrogens with zero attached hydrogens (tertiary/aromatic N) is 7. The topological polar surface area (TPSA) is 140 Å². The molecule has 194 valence electrons. The molecule has 4 N–H and O–H groups in total. The lowest BCUT2D eigenvalue weighted by Gasteiger charge is -2.34. The summed E-state index contributed by atoms with van der Waals surface area (Å²) in [6.07, 6.45) is 0.726. The summed E-state index contributed by atoms with van der Waals surface area (Å²) in [4.78, 5) is 24.5. The summed E-state index contributed by atoms with van der Waals surface area (Å²) in [5.74, 6) is 7.48. The Labute approximate surface area is 212 Å². The van der Waals surface area contributed by atoms with Crippen LogP contribution in [0.2, 0.25) is 0 Å². The summed E-state index contributed by atoms with van der Waals surface area (Å²) in [5.41, 5.74) is 7.17. The minimum atomic E-state index is -2.57. The molecule has 0 unspecified atom stereocenters. The van der Waals surface area contributed by atoms with Crippen molar-refractivity contribution >= 4 is 17.4 Å². The zero-order valence-electron chi connectivity index (χ0n) is 20.2. The number of carbonyl (C=O) groups is 1. The highest BCUT2D eigenvalue weighted by molar-refractivity contribution is 5.82. The van der Waals surface area contributed by atoms with E-state index in [2.05, 4.69) is 20.2 Å². The number of amides is 1. The van der Waals surface area contributed by atoms with E-state index in [4.69, 9.17) is 16.3 Å². The van der Waals surface area contributed by atoms with Crippen LogP contribution in [-0.4, -0.2) is 57.2 Å². The molecule has 0 saturated carbocycles. The molecule has 0 spiro atoms. The first-order chi connectivity index (χ1) is 17.8. The molecule has 13 heteroatoms. The van der Waals surface area contributed by atoms with Crippen molar-refractivity contribution in [1.29, 1.82) is 0 Å². The SMILES string of the molecule is C/C(N)=C(\COc1ccc(N2CCN(Cc3ncccn3)C(=O)C2)nn1)N(N)c1ccc(C(F)F)cc1. The number of hydrogen-bond donors (Lipinski definition) is 2. The maximum Gasteiger partial charge on any atom is 0.263 e. The molecule has 1 amide bonds. The quantitative estimate of drug-likeness (QED) is 0.324. The van der Waals surface area contributed by atoms with Gasteiger partial charge in [-0.05, 0) is 31.2 Å². The molecule has 4 rings (SSSR count). The Kier molecular flexibility index (Phi) is 8.03. The Balaban J connectivity index is 1.33. The number of benzene rings is 1. The van der Waals surface area contributed by atoms with Gasteiger partial charge in [0, 0.05) is 42.8 Å². The van der Waals surface area contributed by atoms with E-state index in [1.54, 1.807) is 42.4 Å². The molecule has 1 saturated heterocycles. The Morgan fingerprint density at radius 1 is 1.11 bits per heavy atom. The van der Waals surface area contributed by atoms with Crippen LogP contribution in [-0.2, 0) is 11.3 Å². The smallest absolute Gasteiger partial charge is 0.263 e. The van der Waals surface area contributed by atoms with Crippen molar-refractivity contribution in [3.63, 3.8) is 0 Å². The van der Waals surface area contributed by atoms with Crippen LogP contribution in [0.5, 0.6) is 5.88 Å². The zero-order chi connectivity index (χ0) is 26.4. The van der Waals surface area contributed by atoms with Crippen molar-refractivity contribution in [3.05, 3.63) is 77.6 Å². The van der Waals surface area contributed by atoms with Crippen LogP contribution < -0.4 is 26.2 Å². The Morgan fingerprint density at radius 3 is 2.43 bits per heavy atom. The third-order valence-electron chi connectivity index (χ3n) is 5.75. The molecule has 1 fully saturated rings. The standard InChI is InChI=1S/C24H27F2N9O2/c1-16(27)19(35(28)18-5-3-17(4-6-18)24(25)26)15-37-22-8-7-21(31-32-22)33-11-12-34(23(36)14-33)13-20-29-9-2-10-30-20/h2-10,24H,11-15,27-28H2,1H3/b19-16-. The molecular formula is C24H27F2N9O2. The van der Waals surface area contributed by atoms with Gasteiger partial charge in [-0.3, -0.25) is 9.80 Å². The summed E-state index contributed by atoms with van der Waals surface area (Å²) in [6.45, 7) is 3.23. The molecule has 3 aromatic rings. The first-order valence-electron chi connectivity index (χ1n) is 11.4. The van der Waals surface area contributed by atoms with E-state index in [1.807, 2.05) is 4.90 Å². The van der Waals surface area contributed by atoms with Gasteiger partial charge < -0.3 is 20.3 Å². The second-order valence-corrected chi connectivity index (χ2v) is 8.31. The number of nitrogens with two attached hydrogens (primary N) is 2.